The molecule has 0 atom stereocenters. The molecule has 1 aromatic rings. The molecule has 35 valence electrons. The van der Waals surface area contributed by atoms with Crippen molar-refractivity contribution in [2.24, 2.45) is 0 Å². The second-order valence-electron chi connectivity index (χ2n) is 1.16. The third kappa shape index (κ3) is 0.682. The van der Waals surface area contributed by atoms with Crippen LogP contribution in [0.5, 0.6) is 0 Å². The molecule has 2 nitrogen and oxygen atoms in total. The number of aromatic nitrogens is 1. The van der Waals surface area contributed by atoms with Crippen LogP contribution in [-0.4, -0.2) is 11.0 Å². The molecule has 0 fully saturated rings. The van der Waals surface area contributed by atoms with Gasteiger partial charge in [-0.1, -0.05) is 0 Å². The van der Waals surface area contributed by atoms with Crippen molar-refractivity contribution in [3.63, 3.8) is 0 Å². The molecule has 0 spiro atoms. The molecular formula is C5H4NO. The van der Waals surface area contributed by atoms with Crippen molar-refractivity contribution < 1.29 is 4.79 Å². The van der Waals surface area contributed by atoms with Crippen molar-refractivity contribution in [2.45, 2.75) is 0 Å². The van der Waals surface area contributed by atoms with Crippen LogP contribution in [0.15, 0.2) is 18.5 Å². The minimum absolute atomic E-state index is 0.719. The van der Waals surface area contributed by atoms with Crippen LogP contribution < -0.4 is 0 Å². The molecule has 0 aliphatic carbocycles. The SMILES string of the molecule is O=Cn1c[c]cc1. The van der Waals surface area contributed by atoms with E-state index in [1.807, 2.05) is 0 Å². The lowest BCUT2D eigenvalue weighted by atomic mass is 10.7. The Morgan fingerprint density at radius 1 is 1.71 bits per heavy atom. The molecule has 0 aromatic carbocycles. The van der Waals surface area contributed by atoms with Crippen molar-refractivity contribution in [3.8, 4) is 0 Å². The first-order chi connectivity index (χ1) is 3.43. The summed E-state index contributed by atoms with van der Waals surface area (Å²) in [5, 5.41) is 0. The highest BCUT2D eigenvalue weighted by atomic mass is 16.1. The smallest absolute Gasteiger partial charge is 0.217 e. The van der Waals surface area contributed by atoms with Gasteiger partial charge in [0.1, 0.15) is 0 Å². The lowest BCUT2D eigenvalue weighted by Crippen LogP contribution is -1.85. The fourth-order valence-corrected chi connectivity index (χ4v) is 0.367. The summed E-state index contributed by atoms with van der Waals surface area (Å²) in [4.78, 5) is 9.81. The van der Waals surface area contributed by atoms with Crippen LogP contribution in [0, 0.1) is 6.07 Å². The van der Waals surface area contributed by atoms with Gasteiger partial charge in [0.2, 0.25) is 6.41 Å². The molecule has 1 aromatic heterocycles. The van der Waals surface area contributed by atoms with E-state index in [4.69, 9.17) is 0 Å². The van der Waals surface area contributed by atoms with Crippen LogP contribution >= 0.6 is 0 Å². The predicted octanol–water partition coefficient (Wildman–Crippen LogP) is 0.327. The Bertz CT molecular complexity index is 143. The van der Waals surface area contributed by atoms with Gasteiger partial charge in [-0.05, 0) is 6.07 Å². The van der Waals surface area contributed by atoms with Crippen LogP contribution in [0.2, 0.25) is 0 Å². The molecule has 1 heterocycles. The highest BCUT2D eigenvalue weighted by Gasteiger charge is 1.76. The van der Waals surface area contributed by atoms with Crippen LogP contribution in [-0.2, 0) is 4.79 Å². The highest BCUT2D eigenvalue weighted by Crippen LogP contribution is 1.79. The molecule has 0 unspecified atom stereocenters. The van der Waals surface area contributed by atoms with E-state index >= 15 is 0 Å². The van der Waals surface area contributed by atoms with E-state index < -0.39 is 0 Å². The second kappa shape index (κ2) is 1.60. The molecule has 0 bridgehead atoms. The highest BCUT2D eigenvalue weighted by molar-refractivity contribution is 5.51. The van der Waals surface area contributed by atoms with E-state index in [2.05, 4.69) is 6.07 Å². The number of carbonyl (C=O) groups excluding carboxylic acids is 1. The number of hydrogen-bond donors (Lipinski definition) is 0. The maximum absolute atomic E-state index is 9.81. The minimum Gasteiger partial charge on any atom is -0.297 e. The first-order valence-electron chi connectivity index (χ1n) is 1.92. The number of rotatable bonds is 1. The van der Waals surface area contributed by atoms with Gasteiger partial charge in [0.05, 0.1) is 0 Å². The van der Waals surface area contributed by atoms with Crippen molar-refractivity contribution in [1.82, 2.24) is 4.57 Å². The Balaban J connectivity index is 2.96. The topological polar surface area (TPSA) is 22.0 Å². The first-order valence-corrected chi connectivity index (χ1v) is 1.92. The van der Waals surface area contributed by atoms with Gasteiger partial charge in [0.25, 0.3) is 0 Å². The molecule has 0 aliphatic heterocycles. The molecule has 0 saturated heterocycles. The maximum atomic E-state index is 9.81. The van der Waals surface area contributed by atoms with E-state index in [1.54, 1.807) is 18.5 Å². The Kier molecular flexibility index (Phi) is 0.941. The van der Waals surface area contributed by atoms with Gasteiger partial charge in [0, 0.05) is 18.5 Å². The van der Waals surface area contributed by atoms with E-state index in [1.165, 1.54) is 4.57 Å². The molecule has 0 saturated carbocycles. The van der Waals surface area contributed by atoms with Crippen LogP contribution in [0.4, 0.5) is 0 Å². The average molecular weight is 94.1 g/mol. The lowest BCUT2D eigenvalue weighted by molar-refractivity contribution is 0.547. The summed E-state index contributed by atoms with van der Waals surface area (Å²) in [5.41, 5.74) is 0. The number of hydrogen-bond acceptors (Lipinski definition) is 1. The largest absolute Gasteiger partial charge is 0.297 e. The zero-order valence-electron chi connectivity index (χ0n) is 3.66. The molecule has 1 radical (unpaired) electrons. The summed E-state index contributed by atoms with van der Waals surface area (Å²) >= 11 is 0. The zero-order valence-corrected chi connectivity index (χ0v) is 3.66. The van der Waals surface area contributed by atoms with Crippen molar-refractivity contribution in [1.29, 1.82) is 0 Å². The maximum Gasteiger partial charge on any atom is 0.217 e. The van der Waals surface area contributed by atoms with Gasteiger partial charge in [-0.25, -0.2) is 0 Å². The summed E-state index contributed by atoms with van der Waals surface area (Å²) in [7, 11) is 0. The normalized spacial score (nSPS) is 8.57. The van der Waals surface area contributed by atoms with Gasteiger partial charge in [-0.2, -0.15) is 0 Å². The Morgan fingerprint density at radius 2 is 2.57 bits per heavy atom. The van der Waals surface area contributed by atoms with Crippen molar-refractivity contribution in [3.05, 3.63) is 24.5 Å². The molecule has 7 heavy (non-hydrogen) atoms. The molecule has 0 aliphatic rings. The molecular weight excluding hydrogens is 90.1 g/mol. The number of carbonyl (C=O) groups is 1. The Hall–Kier alpha value is -1.05. The van der Waals surface area contributed by atoms with Gasteiger partial charge < -0.3 is 0 Å². The third-order valence-corrected chi connectivity index (χ3v) is 0.688. The lowest BCUT2D eigenvalue weighted by Gasteiger charge is -1.77. The van der Waals surface area contributed by atoms with Crippen LogP contribution in [0.3, 0.4) is 0 Å². The summed E-state index contributed by atoms with van der Waals surface area (Å²) in [6.07, 6.45) is 3.91. The fraction of sp³-hybridized carbons (Fsp3) is 0. The zero-order chi connectivity index (χ0) is 5.11. The predicted molar refractivity (Wildman–Crippen MR) is 25.4 cm³/mol. The molecule has 1 rings (SSSR count). The van der Waals surface area contributed by atoms with Gasteiger partial charge in [-0.15, -0.1) is 0 Å². The second-order valence-corrected chi connectivity index (χ2v) is 1.16. The summed E-state index contributed by atoms with van der Waals surface area (Å²) in [6, 6.07) is 4.39. The average Bonchev–Trinajstić information content (AvgIpc) is 2.14. The van der Waals surface area contributed by atoms with E-state index in [0.29, 0.717) is 0 Å². The molecule has 0 N–H and O–H groups in total. The van der Waals surface area contributed by atoms with Crippen molar-refractivity contribution >= 4 is 6.41 Å². The monoisotopic (exact) mass is 94.0 g/mol. The summed E-state index contributed by atoms with van der Waals surface area (Å²) < 4.78 is 1.39. The third-order valence-electron chi connectivity index (χ3n) is 0.688. The van der Waals surface area contributed by atoms with Gasteiger partial charge >= 0.3 is 0 Å². The van der Waals surface area contributed by atoms with Crippen LogP contribution in [0.1, 0.15) is 0 Å². The van der Waals surface area contributed by atoms with Gasteiger partial charge in [0.15, 0.2) is 0 Å². The molecule has 0 amide bonds. The van der Waals surface area contributed by atoms with E-state index in [9.17, 15) is 4.79 Å². The van der Waals surface area contributed by atoms with Crippen molar-refractivity contribution in [2.75, 3.05) is 0 Å². The standard InChI is InChI=1S/C5H4NO/c7-5-6-3-1-2-4-6/h1,3-5H. The Labute approximate surface area is 41.4 Å². The van der Waals surface area contributed by atoms with E-state index in [-0.39, 0.29) is 0 Å². The summed E-state index contributed by atoms with van der Waals surface area (Å²) in [6.45, 7) is 0. The van der Waals surface area contributed by atoms with Crippen LogP contribution in [0.25, 0.3) is 0 Å². The minimum atomic E-state index is 0.719. The first kappa shape index (κ1) is 4.12. The Morgan fingerprint density at radius 3 is 2.86 bits per heavy atom. The van der Waals surface area contributed by atoms with E-state index in [0.717, 1.165) is 6.41 Å². The summed E-state index contributed by atoms with van der Waals surface area (Å²) in [5.74, 6) is 0. The fourth-order valence-electron chi connectivity index (χ4n) is 0.367. The van der Waals surface area contributed by atoms with Gasteiger partial charge in [-0.3, -0.25) is 9.36 Å². The quantitative estimate of drug-likeness (QED) is 0.459. The number of nitrogens with zero attached hydrogens (tertiary/aromatic N) is 1. The molecule has 2 heteroatoms.